The Morgan fingerprint density at radius 3 is 2.82 bits per heavy atom. The highest BCUT2D eigenvalue weighted by Gasteiger charge is 2.39. The number of rotatable bonds is 3. The molecule has 0 aliphatic carbocycles. The van der Waals surface area contributed by atoms with Crippen LogP contribution in [0.4, 0.5) is 0 Å². The third-order valence-electron chi connectivity index (χ3n) is 3.36. The van der Waals surface area contributed by atoms with E-state index in [9.17, 15) is 8.42 Å². The molecule has 0 aromatic carbocycles. The Hall–Kier alpha value is -0.920. The van der Waals surface area contributed by atoms with Crippen LogP contribution in [-0.4, -0.2) is 41.6 Å². The fraction of sp³-hybridized carbons (Fsp3) is 0.700. The summed E-state index contributed by atoms with van der Waals surface area (Å²) in [7, 11) is -1.74. The van der Waals surface area contributed by atoms with E-state index in [1.165, 1.54) is 21.4 Å². The van der Waals surface area contributed by atoms with Gasteiger partial charge in [0.15, 0.2) is 0 Å². The molecule has 1 fully saturated rings. The average molecular weight is 258 g/mol. The Morgan fingerprint density at radius 2 is 2.29 bits per heavy atom. The minimum absolute atomic E-state index is 0.0970. The van der Waals surface area contributed by atoms with Crippen molar-refractivity contribution >= 4 is 10.0 Å². The molecule has 96 valence electrons. The maximum absolute atomic E-state index is 12.4. The topological polar surface area (TPSA) is 81.2 Å². The molecule has 7 heteroatoms. The number of aryl methyl sites for hydroxylation is 1. The summed E-state index contributed by atoms with van der Waals surface area (Å²) in [6, 6.07) is -0.0970. The third kappa shape index (κ3) is 2.10. The van der Waals surface area contributed by atoms with Crippen molar-refractivity contribution in [3.8, 4) is 0 Å². The summed E-state index contributed by atoms with van der Waals surface area (Å²) < 4.78 is 27.8. The highest BCUT2D eigenvalue weighted by molar-refractivity contribution is 7.89. The van der Waals surface area contributed by atoms with Gasteiger partial charge in [-0.3, -0.25) is 4.68 Å². The summed E-state index contributed by atoms with van der Waals surface area (Å²) in [5.74, 6) is 0.312. The molecule has 0 saturated carbocycles. The number of aromatic nitrogens is 2. The zero-order valence-electron chi connectivity index (χ0n) is 10.1. The van der Waals surface area contributed by atoms with Crippen LogP contribution in [0, 0.1) is 5.92 Å². The smallest absolute Gasteiger partial charge is 0.246 e. The molecule has 2 unspecified atom stereocenters. The lowest BCUT2D eigenvalue weighted by atomic mass is 10.0. The molecule has 2 heterocycles. The van der Waals surface area contributed by atoms with Crippen molar-refractivity contribution in [2.24, 2.45) is 18.7 Å². The van der Waals surface area contributed by atoms with Crippen LogP contribution in [0.25, 0.3) is 0 Å². The van der Waals surface area contributed by atoms with Gasteiger partial charge in [0, 0.05) is 32.4 Å². The number of sulfonamides is 1. The predicted octanol–water partition coefficient (Wildman–Crippen LogP) is -0.222. The Bertz CT molecular complexity index is 496. The van der Waals surface area contributed by atoms with Crippen LogP contribution in [0.3, 0.4) is 0 Å². The molecule has 1 saturated heterocycles. The van der Waals surface area contributed by atoms with E-state index in [-0.39, 0.29) is 10.9 Å². The summed E-state index contributed by atoms with van der Waals surface area (Å²) >= 11 is 0. The number of hydrogen-bond donors (Lipinski definition) is 1. The quantitative estimate of drug-likeness (QED) is 0.812. The summed E-state index contributed by atoms with van der Waals surface area (Å²) in [5.41, 5.74) is 5.67. The SMILES string of the molecule is CC1CCN(S(=O)(=O)c2cnn(C)c2)C1CN. The largest absolute Gasteiger partial charge is 0.329 e. The molecular formula is C10H18N4O2S. The van der Waals surface area contributed by atoms with Gasteiger partial charge in [0.1, 0.15) is 4.90 Å². The Morgan fingerprint density at radius 1 is 1.59 bits per heavy atom. The van der Waals surface area contributed by atoms with Gasteiger partial charge in [-0.2, -0.15) is 9.40 Å². The Kier molecular flexibility index (Phi) is 3.24. The van der Waals surface area contributed by atoms with Crippen molar-refractivity contribution in [2.75, 3.05) is 13.1 Å². The molecule has 1 aliphatic heterocycles. The standard InChI is InChI=1S/C10H18N4O2S/c1-8-3-4-14(10(8)5-11)17(15,16)9-6-12-13(2)7-9/h6-8,10H,3-5,11H2,1-2H3. The lowest BCUT2D eigenvalue weighted by Gasteiger charge is -2.24. The highest BCUT2D eigenvalue weighted by Crippen LogP contribution is 2.29. The van der Waals surface area contributed by atoms with E-state index < -0.39 is 10.0 Å². The van der Waals surface area contributed by atoms with Gasteiger partial charge in [-0.15, -0.1) is 0 Å². The van der Waals surface area contributed by atoms with Crippen molar-refractivity contribution in [3.05, 3.63) is 12.4 Å². The van der Waals surface area contributed by atoms with Crippen LogP contribution in [0.15, 0.2) is 17.3 Å². The van der Waals surface area contributed by atoms with Crippen molar-refractivity contribution in [1.29, 1.82) is 0 Å². The zero-order chi connectivity index (χ0) is 12.6. The molecule has 0 radical (unpaired) electrons. The molecule has 6 nitrogen and oxygen atoms in total. The molecule has 17 heavy (non-hydrogen) atoms. The van der Waals surface area contributed by atoms with E-state index >= 15 is 0 Å². The molecule has 2 rings (SSSR count). The Balaban J connectivity index is 2.33. The average Bonchev–Trinajstić information content (AvgIpc) is 2.84. The molecule has 0 spiro atoms. The van der Waals surface area contributed by atoms with E-state index in [1.54, 1.807) is 7.05 Å². The van der Waals surface area contributed by atoms with Gasteiger partial charge in [-0.05, 0) is 12.3 Å². The summed E-state index contributed by atoms with van der Waals surface area (Å²) in [6.07, 6.45) is 3.76. The Labute approximate surface area is 101 Å². The summed E-state index contributed by atoms with van der Waals surface area (Å²) in [4.78, 5) is 0.243. The lowest BCUT2D eigenvalue weighted by Crippen LogP contribution is -2.42. The molecule has 1 aromatic heterocycles. The molecule has 1 aliphatic rings. The number of nitrogens with two attached hydrogens (primary N) is 1. The first-order chi connectivity index (χ1) is 7.96. The second kappa shape index (κ2) is 4.40. The monoisotopic (exact) mass is 258 g/mol. The molecule has 2 N–H and O–H groups in total. The minimum Gasteiger partial charge on any atom is -0.329 e. The van der Waals surface area contributed by atoms with Gasteiger partial charge in [-0.25, -0.2) is 8.42 Å². The van der Waals surface area contributed by atoms with Crippen molar-refractivity contribution in [1.82, 2.24) is 14.1 Å². The van der Waals surface area contributed by atoms with Crippen LogP contribution in [0.5, 0.6) is 0 Å². The molecule has 2 atom stereocenters. The molecule has 0 bridgehead atoms. The summed E-state index contributed by atoms with van der Waals surface area (Å²) in [6.45, 7) is 2.94. The van der Waals surface area contributed by atoms with Gasteiger partial charge in [0.25, 0.3) is 0 Å². The van der Waals surface area contributed by atoms with Gasteiger partial charge < -0.3 is 5.73 Å². The molecular weight excluding hydrogens is 240 g/mol. The van der Waals surface area contributed by atoms with Crippen LogP contribution >= 0.6 is 0 Å². The van der Waals surface area contributed by atoms with Crippen LogP contribution < -0.4 is 5.73 Å². The zero-order valence-corrected chi connectivity index (χ0v) is 10.9. The normalized spacial score (nSPS) is 26.5. The predicted molar refractivity (Wildman–Crippen MR) is 63.7 cm³/mol. The summed E-state index contributed by atoms with van der Waals surface area (Å²) in [5, 5.41) is 3.90. The number of nitrogens with zero attached hydrogens (tertiary/aromatic N) is 3. The highest BCUT2D eigenvalue weighted by atomic mass is 32.2. The van der Waals surface area contributed by atoms with Gasteiger partial charge >= 0.3 is 0 Å². The van der Waals surface area contributed by atoms with E-state index in [0.29, 0.717) is 19.0 Å². The minimum atomic E-state index is -3.44. The van der Waals surface area contributed by atoms with Crippen molar-refractivity contribution in [3.63, 3.8) is 0 Å². The maximum Gasteiger partial charge on any atom is 0.246 e. The lowest BCUT2D eigenvalue weighted by molar-refractivity contribution is 0.354. The second-order valence-corrected chi connectivity index (χ2v) is 6.43. The van der Waals surface area contributed by atoms with E-state index in [0.717, 1.165) is 6.42 Å². The first-order valence-electron chi connectivity index (χ1n) is 5.67. The third-order valence-corrected chi connectivity index (χ3v) is 5.24. The fourth-order valence-corrected chi connectivity index (χ4v) is 4.02. The molecule has 0 amide bonds. The van der Waals surface area contributed by atoms with Crippen molar-refractivity contribution < 1.29 is 8.42 Å². The van der Waals surface area contributed by atoms with Gasteiger partial charge in [0.2, 0.25) is 10.0 Å². The van der Waals surface area contributed by atoms with E-state index in [2.05, 4.69) is 5.10 Å². The number of hydrogen-bond acceptors (Lipinski definition) is 4. The van der Waals surface area contributed by atoms with Crippen LogP contribution in [0.1, 0.15) is 13.3 Å². The van der Waals surface area contributed by atoms with Gasteiger partial charge in [0.05, 0.1) is 6.20 Å². The second-order valence-electron chi connectivity index (χ2n) is 4.53. The van der Waals surface area contributed by atoms with Crippen molar-refractivity contribution in [2.45, 2.75) is 24.3 Å². The van der Waals surface area contributed by atoms with Crippen LogP contribution in [0.2, 0.25) is 0 Å². The maximum atomic E-state index is 12.4. The van der Waals surface area contributed by atoms with E-state index in [1.807, 2.05) is 6.92 Å². The van der Waals surface area contributed by atoms with E-state index in [4.69, 9.17) is 5.73 Å². The first kappa shape index (κ1) is 12.5. The molecule has 1 aromatic rings. The fourth-order valence-electron chi connectivity index (χ4n) is 2.29. The van der Waals surface area contributed by atoms with Crippen LogP contribution in [-0.2, 0) is 17.1 Å². The van der Waals surface area contributed by atoms with Gasteiger partial charge in [-0.1, -0.05) is 6.92 Å². The first-order valence-corrected chi connectivity index (χ1v) is 7.11.